The fourth-order valence-corrected chi connectivity index (χ4v) is 2.26. The minimum Gasteiger partial charge on any atom is -0.384 e. The number of rotatable bonds is 3. The SMILES string of the molecule is Cc1cc(Br)ccc1C(=O)NCc1cnn(C)c1N. The number of hydrogen-bond donors (Lipinski definition) is 2. The molecule has 3 N–H and O–H groups in total. The van der Waals surface area contributed by atoms with Crippen LogP contribution in [0.4, 0.5) is 5.82 Å². The minimum atomic E-state index is -0.117. The maximum atomic E-state index is 12.1. The molecule has 0 atom stereocenters. The number of anilines is 1. The molecule has 0 aliphatic heterocycles. The Morgan fingerprint density at radius 3 is 2.84 bits per heavy atom. The molecule has 2 aromatic rings. The van der Waals surface area contributed by atoms with Crippen molar-refractivity contribution in [2.45, 2.75) is 13.5 Å². The summed E-state index contributed by atoms with van der Waals surface area (Å²) in [7, 11) is 1.76. The minimum absolute atomic E-state index is 0.117. The maximum Gasteiger partial charge on any atom is 0.251 e. The molecule has 0 radical (unpaired) electrons. The van der Waals surface area contributed by atoms with Crippen LogP contribution in [0, 0.1) is 6.92 Å². The van der Waals surface area contributed by atoms with E-state index in [-0.39, 0.29) is 5.91 Å². The summed E-state index contributed by atoms with van der Waals surface area (Å²) < 4.78 is 2.53. The average molecular weight is 323 g/mol. The van der Waals surface area contributed by atoms with Gasteiger partial charge in [-0.25, -0.2) is 0 Å². The van der Waals surface area contributed by atoms with Crippen molar-refractivity contribution < 1.29 is 4.79 Å². The zero-order valence-corrected chi connectivity index (χ0v) is 12.4. The number of nitrogens with one attached hydrogen (secondary N) is 1. The molecule has 0 aliphatic carbocycles. The van der Waals surface area contributed by atoms with Gasteiger partial charge in [-0.1, -0.05) is 15.9 Å². The van der Waals surface area contributed by atoms with Crippen LogP contribution in [0.5, 0.6) is 0 Å². The highest BCUT2D eigenvalue weighted by atomic mass is 79.9. The number of carbonyl (C=O) groups is 1. The molecule has 0 fully saturated rings. The average Bonchev–Trinajstić information content (AvgIpc) is 2.67. The van der Waals surface area contributed by atoms with Gasteiger partial charge in [0.2, 0.25) is 0 Å². The summed E-state index contributed by atoms with van der Waals surface area (Å²) in [5.74, 6) is 0.445. The van der Waals surface area contributed by atoms with E-state index < -0.39 is 0 Å². The molecule has 0 aliphatic rings. The molecule has 19 heavy (non-hydrogen) atoms. The van der Waals surface area contributed by atoms with Crippen LogP contribution in [0.15, 0.2) is 28.9 Å². The number of carbonyl (C=O) groups excluding carboxylic acids is 1. The molecular weight excluding hydrogens is 308 g/mol. The van der Waals surface area contributed by atoms with Crippen molar-refractivity contribution in [2.24, 2.45) is 7.05 Å². The second-order valence-electron chi connectivity index (χ2n) is 4.32. The first-order valence-electron chi connectivity index (χ1n) is 5.79. The maximum absolute atomic E-state index is 12.1. The molecule has 0 saturated heterocycles. The first kappa shape index (κ1) is 13.6. The number of nitrogens with two attached hydrogens (primary N) is 1. The molecule has 0 saturated carbocycles. The predicted octanol–water partition coefficient (Wildman–Crippen LogP) is 2.00. The summed E-state index contributed by atoms with van der Waals surface area (Å²) >= 11 is 3.37. The summed E-state index contributed by atoms with van der Waals surface area (Å²) in [6.07, 6.45) is 1.66. The second-order valence-corrected chi connectivity index (χ2v) is 5.24. The largest absolute Gasteiger partial charge is 0.384 e. The van der Waals surface area contributed by atoms with Gasteiger partial charge in [-0.05, 0) is 30.7 Å². The van der Waals surface area contributed by atoms with Gasteiger partial charge in [0, 0.05) is 29.2 Å². The number of nitrogen functional groups attached to an aromatic ring is 1. The summed E-state index contributed by atoms with van der Waals surface area (Å²) in [4.78, 5) is 12.1. The number of halogens is 1. The van der Waals surface area contributed by atoms with E-state index in [9.17, 15) is 4.79 Å². The standard InChI is InChI=1S/C13H15BrN4O/c1-8-5-10(14)3-4-11(8)13(19)16-6-9-7-17-18(2)12(9)15/h3-5,7H,6,15H2,1-2H3,(H,16,19). The highest BCUT2D eigenvalue weighted by molar-refractivity contribution is 9.10. The van der Waals surface area contributed by atoms with Gasteiger partial charge in [-0.3, -0.25) is 9.48 Å². The Kier molecular flexibility index (Phi) is 3.90. The van der Waals surface area contributed by atoms with Crippen molar-refractivity contribution in [2.75, 3.05) is 5.73 Å². The van der Waals surface area contributed by atoms with E-state index >= 15 is 0 Å². The molecule has 1 heterocycles. The number of nitrogens with zero attached hydrogens (tertiary/aromatic N) is 2. The first-order chi connectivity index (χ1) is 8.99. The van der Waals surface area contributed by atoms with Crippen LogP contribution >= 0.6 is 15.9 Å². The number of aryl methyl sites for hydroxylation is 2. The van der Waals surface area contributed by atoms with Gasteiger partial charge in [0.15, 0.2) is 0 Å². The van der Waals surface area contributed by atoms with E-state index in [2.05, 4.69) is 26.3 Å². The van der Waals surface area contributed by atoms with E-state index in [0.717, 1.165) is 15.6 Å². The number of aromatic nitrogens is 2. The van der Waals surface area contributed by atoms with Crippen molar-refractivity contribution in [3.05, 3.63) is 45.6 Å². The van der Waals surface area contributed by atoms with Gasteiger partial charge in [-0.15, -0.1) is 0 Å². The van der Waals surface area contributed by atoms with Crippen LogP contribution in [0.25, 0.3) is 0 Å². The molecule has 1 amide bonds. The predicted molar refractivity (Wildman–Crippen MR) is 77.7 cm³/mol. The Morgan fingerprint density at radius 2 is 2.26 bits per heavy atom. The Bertz CT molecular complexity index is 621. The molecular formula is C13H15BrN4O. The molecule has 1 aromatic heterocycles. The van der Waals surface area contributed by atoms with E-state index in [4.69, 9.17) is 5.73 Å². The molecule has 1 aromatic carbocycles. The molecule has 100 valence electrons. The van der Waals surface area contributed by atoms with Gasteiger partial charge >= 0.3 is 0 Å². The molecule has 6 heteroatoms. The fourth-order valence-electron chi connectivity index (χ4n) is 1.78. The molecule has 0 bridgehead atoms. The zero-order chi connectivity index (χ0) is 14.0. The van der Waals surface area contributed by atoms with E-state index in [0.29, 0.717) is 17.9 Å². The molecule has 0 unspecified atom stereocenters. The van der Waals surface area contributed by atoms with Crippen molar-refractivity contribution in [1.82, 2.24) is 15.1 Å². The lowest BCUT2D eigenvalue weighted by atomic mass is 10.1. The van der Waals surface area contributed by atoms with E-state index in [1.165, 1.54) is 0 Å². The normalized spacial score (nSPS) is 10.5. The number of benzene rings is 1. The van der Waals surface area contributed by atoms with Gasteiger partial charge in [0.1, 0.15) is 5.82 Å². The Hall–Kier alpha value is -1.82. The monoisotopic (exact) mass is 322 g/mol. The van der Waals surface area contributed by atoms with Crippen LogP contribution in [0.2, 0.25) is 0 Å². The summed E-state index contributed by atoms with van der Waals surface area (Å²) in [5, 5.41) is 6.87. The molecule has 2 rings (SSSR count). The number of hydrogen-bond acceptors (Lipinski definition) is 3. The highest BCUT2D eigenvalue weighted by Crippen LogP contribution is 2.16. The van der Waals surface area contributed by atoms with Crippen LogP contribution in [0.3, 0.4) is 0 Å². The first-order valence-corrected chi connectivity index (χ1v) is 6.59. The van der Waals surface area contributed by atoms with E-state index in [1.54, 1.807) is 24.0 Å². The van der Waals surface area contributed by atoms with Gasteiger partial charge in [0.05, 0.1) is 6.20 Å². The van der Waals surface area contributed by atoms with Crippen molar-refractivity contribution in [3.8, 4) is 0 Å². The lowest BCUT2D eigenvalue weighted by molar-refractivity contribution is 0.0950. The second kappa shape index (κ2) is 5.44. The Labute approximate surface area is 119 Å². The topological polar surface area (TPSA) is 72.9 Å². The lowest BCUT2D eigenvalue weighted by Crippen LogP contribution is -2.23. The Balaban J connectivity index is 2.07. The van der Waals surface area contributed by atoms with Gasteiger partial charge in [0.25, 0.3) is 5.91 Å². The van der Waals surface area contributed by atoms with Crippen molar-refractivity contribution in [1.29, 1.82) is 0 Å². The van der Waals surface area contributed by atoms with Crippen LogP contribution < -0.4 is 11.1 Å². The van der Waals surface area contributed by atoms with Crippen molar-refractivity contribution in [3.63, 3.8) is 0 Å². The molecule has 0 spiro atoms. The quantitative estimate of drug-likeness (QED) is 0.907. The lowest BCUT2D eigenvalue weighted by Gasteiger charge is -2.07. The molecule has 5 nitrogen and oxygen atoms in total. The Morgan fingerprint density at radius 1 is 1.53 bits per heavy atom. The number of amides is 1. The van der Waals surface area contributed by atoms with Crippen LogP contribution in [0.1, 0.15) is 21.5 Å². The third-order valence-corrected chi connectivity index (χ3v) is 3.43. The summed E-state index contributed by atoms with van der Waals surface area (Å²) in [5.41, 5.74) is 8.21. The van der Waals surface area contributed by atoms with Gasteiger partial charge < -0.3 is 11.1 Å². The van der Waals surface area contributed by atoms with Crippen molar-refractivity contribution >= 4 is 27.7 Å². The van der Waals surface area contributed by atoms with Gasteiger partial charge in [-0.2, -0.15) is 5.10 Å². The smallest absolute Gasteiger partial charge is 0.251 e. The fraction of sp³-hybridized carbons (Fsp3) is 0.231. The third kappa shape index (κ3) is 2.96. The van der Waals surface area contributed by atoms with E-state index in [1.807, 2.05) is 19.1 Å². The zero-order valence-electron chi connectivity index (χ0n) is 10.8. The summed E-state index contributed by atoms with van der Waals surface area (Å²) in [6, 6.07) is 5.55. The van der Waals surface area contributed by atoms with Crippen LogP contribution in [-0.2, 0) is 13.6 Å². The third-order valence-electron chi connectivity index (χ3n) is 2.94. The highest BCUT2D eigenvalue weighted by Gasteiger charge is 2.10. The summed E-state index contributed by atoms with van der Waals surface area (Å²) in [6.45, 7) is 2.27. The van der Waals surface area contributed by atoms with Crippen LogP contribution in [-0.4, -0.2) is 15.7 Å².